The van der Waals surface area contributed by atoms with E-state index < -0.39 is 0 Å². The first kappa shape index (κ1) is 12.4. The Labute approximate surface area is 104 Å². The van der Waals surface area contributed by atoms with Crippen molar-refractivity contribution in [1.29, 1.82) is 0 Å². The van der Waals surface area contributed by atoms with E-state index in [1.807, 2.05) is 18.2 Å². The Hall–Kier alpha value is -1.02. The van der Waals surface area contributed by atoms with Crippen molar-refractivity contribution in [1.82, 2.24) is 0 Å². The Morgan fingerprint density at radius 2 is 2.00 bits per heavy atom. The number of aliphatic hydroxyl groups excluding tert-OH is 1. The van der Waals surface area contributed by atoms with Crippen LogP contribution in [0.3, 0.4) is 0 Å². The van der Waals surface area contributed by atoms with Gasteiger partial charge in [0.25, 0.3) is 0 Å². The van der Waals surface area contributed by atoms with Gasteiger partial charge in [-0.25, -0.2) is 0 Å². The molecule has 0 spiro atoms. The Bertz CT molecular complexity index is 386. The molecule has 2 N–H and O–H groups in total. The van der Waals surface area contributed by atoms with Crippen LogP contribution in [0.4, 0.5) is 5.69 Å². The van der Waals surface area contributed by atoms with Crippen LogP contribution in [0.15, 0.2) is 24.3 Å². The van der Waals surface area contributed by atoms with Crippen LogP contribution in [0.2, 0.25) is 0 Å². The topological polar surface area (TPSA) is 32.3 Å². The van der Waals surface area contributed by atoms with Crippen molar-refractivity contribution in [3.8, 4) is 0 Å². The van der Waals surface area contributed by atoms with Crippen LogP contribution < -0.4 is 5.32 Å². The predicted octanol–water partition coefficient (Wildman–Crippen LogP) is 3.42. The lowest BCUT2D eigenvalue weighted by molar-refractivity contribution is 0.282. The van der Waals surface area contributed by atoms with Gasteiger partial charge in [-0.05, 0) is 30.2 Å². The molecular formula is C15H23NO. The molecule has 2 atom stereocenters. The minimum atomic E-state index is 0.105. The minimum absolute atomic E-state index is 0.105. The fourth-order valence-electron chi connectivity index (χ4n) is 3.09. The van der Waals surface area contributed by atoms with E-state index in [1.54, 1.807) is 0 Å². The van der Waals surface area contributed by atoms with Gasteiger partial charge in [-0.2, -0.15) is 0 Å². The van der Waals surface area contributed by atoms with Crippen LogP contribution >= 0.6 is 0 Å². The van der Waals surface area contributed by atoms with E-state index in [0.717, 1.165) is 11.3 Å². The minimum Gasteiger partial charge on any atom is -0.392 e. The molecule has 1 fully saturated rings. The van der Waals surface area contributed by atoms with Crippen molar-refractivity contribution in [2.75, 3.05) is 5.32 Å². The first-order chi connectivity index (χ1) is 8.02. The number of para-hydroxylation sites is 1. The van der Waals surface area contributed by atoms with Gasteiger partial charge in [0.15, 0.2) is 0 Å². The molecule has 1 aromatic carbocycles. The SMILES string of the molecule is CC1CC(C)(C)CC1Nc1ccccc1CO. The summed E-state index contributed by atoms with van der Waals surface area (Å²) in [6, 6.07) is 8.56. The highest BCUT2D eigenvalue weighted by molar-refractivity contribution is 5.51. The zero-order valence-corrected chi connectivity index (χ0v) is 11.0. The molecule has 0 bridgehead atoms. The summed E-state index contributed by atoms with van der Waals surface area (Å²) in [5.41, 5.74) is 2.51. The van der Waals surface area contributed by atoms with Crippen LogP contribution in [-0.2, 0) is 6.61 Å². The third-order valence-corrected chi connectivity index (χ3v) is 3.86. The van der Waals surface area contributed by atoms with Crippen LogP contribution in [0.5, 0.6) is 0 Å². The third kappa shape index (κ3) is 2.81. The molecule has 0 aliphatic heterocycles. The molecule has 2 unspecified atom stereocenters. The second-order valence-corrected chi connectivity index (χ2v) is 6.12. The smallest absolute Gasteiger partial charge is 0.0701 e. The predicted molar refractivity (Wildman–Crippen MR) is 72.0 cm³/mol. The highest BCUT2D eigenvalue weighted by Gasteiger charge is 2.36. The Morgan fingerprint density at radius 1 is 1.29 bits per heavy atom. The number of hydrogen-bond donors (Lipinski definition) is 2. The highest BCUT2D eigenvalue weighted by atomic mass is 16.3. The molecular weight excluding hydrogens is 210 g/mol. The van der Waals surface area contributed by atoms with Gasteiger partial charge in [0.05, 0.1) is 6.61 Å². The van der Waals surface area contributed by atoms with Crippen molar-refractivity contribution in [3.63, 3.8) is 0 Å². The van der Waals surface area contributed by atoms with Crippen molar-refractivity contribution in [3.05, 3.63) is 29.8 Å². The summed E-state index contributed by atoms with van der Waals surface area (Å²) in [5.74, 6) is 0.691. The summed E-state index contributed by atoms with van der Waals surface area (Å²) in [6.07, 6.45) is 2.47. The zero-order chi connectivity index (χ0) is 12.5. The molecule has 0 amide bonds. The molecule has 17 heavy (non-hydrogen) atoms. The van der Waals surface area contributed by atoms with E-state index in [4.69, 9.17) is 0 Å². The monoisotopic (exact) mass is 233 g/mol. The molecule has 1 aromatic rings. The Morgan fingerprint density at radius 3 is 2.59 bits per heavy atom. The van der Waals surface area contributed by atoms with Crippen LogP contribution in [0.1, 0.15) is 39.2 Å². The lowest BCUT2D eigenvalue weighted by atomic mass is 9.91. The standard InChI is InChI=1S/C15H23NO/c1-11-8-15(2,3)9-14(11)16-13-7-5-4-6-12(13)10-17/h4-7,11,14,16-17H,8-10H2,1-3H3. The molecule has 0 heterocycles. The van der Waals surface area contributed by atoms with Gasteiger partial charge >= 0.3 is 0 Å². The normalized spacial score (nSPS) is 27.1. The van der Waals surface area contributed by atoms with E-state index in [1.165, 1.54) is 12.8 Å². The molecule has 0 aromatic heterocycles. The number of aliphatic hydroxyl groups is 1. The van der Waals surface area contributed by atoms with Gasteiger partial charge < -0.3 is 10.4 Å². The second-order valence-electron chi connectivity index (χ2n) is 6.12. The van der Waals surface area contributed by atoms with Crippen LogP contribution in [0.25, 0.3) is 0 Å². The average Bonchev–Trinajstić information content (AvgIpc) is 2.52. The summed E-state index contributed by atoms with van der Waals surface area (Å²) in [6.45, 7) is 7.09. The summed E-state index contributed by atoms with van der Waals surface area (Å²) in [7, 11) is 0. The Kier molecular flexibility index (Phi) is 3.43. The number of hydrogen-bond acceptors (Lipinski definition) is 2. The van der Waals surface area contributed by atoms with Crippen molar-refractivity contribution in [2.24, 2.45) is 11.3 Å². The second kappa shape index (κ2) is 4.69. The molecule has 2 nitrogen and oxygen atoms in total. The van der Waals surface area contributed by atoms with Gasteiger partial charge in [-0.1, -0.05) is 39.0 Å². The molecule has 2 heteroatoms. The largest absolute Gasteiger partial charge is 0.392 e. The summed E-state index contributed by atoms with van der Waals surface area (Å²) in [4.78, 5) is 0. The number of nitrogens with one attached hydrogen (secondary N) is 1. The van der Waals surface area contributed by atoms with Gasteiger partial charge in [-0.15, -0.1) is 0 Å². The maximum Gasteiger partial charge on any atom is 0.0701 e. The maximum absolute atomic E-state index is 9.32. The van der Waals surface area contributed by atoms with E-state index in [-0.39, 0.29) is 6.61 Å². The quantitative estimate of drug-likeness (QED) is 0.838. The average molecular weight is 233 g/mol. The molecule has 1 aliphatic rings. The fourth-order valence-corrected chi connectivity index (χ4v) is 3.09. The molecule has 1 aliphatic carbocycles. The molecule has 1 saturated carbocycles. The summed E-state index contributed by atoms with van der Waals surface area (Å²) in [5, 5.41) is 12.9. The Balaban J connectivity index is 2.11. The number of benzene rings is 1. The van der Waals surface area contributed by atoms with Crippen molar-refractivity contribution < 1.29 is 5.11 Å². The molecule has 0 radical (unpaired) electrons. The van der Waals surface area contributed by atoms with Gasteiger partial charge in [0, 0.05) is 17.3 Å². The van der Waals surface area contributed by atoms with Gasteiger partial charge in [0.2, 0.25) is 0 Å². The van der Waals surface area contributed by atoms with Crippen LogP contribution in [-0.4, -0.2) is 11.1 Å². The fraction of sp³-hybridized carbons (Fsp3) is 0.600. The van der Waals surface area contributed by atoms with E-state index in [2.05, 4.69) is 32.2 Å². The summed E-state index contributed by atoms with van der Waals surface area (Å²) >= 11 is 0. The zero-order valence-electron chi connectivity index (χ0n) is 11.0. The van der Waals surface area contributed by atoms with E-state index in [9.17, 15) is 5.11 Å². The van der Waals surface area contributed by atoms with E-state index >= 15 is 0 Å². The molecule has 0 saturated heterocycles. The lowest BCUT2D eigenvalue weighted by Crippen LogP contribution is -2.23. The summed E-state index contributed by atoms with van der Waals surface area (Å²) < 4.78 is 0. The highest BCUT2D eigenvalue weighted by Crippen LogP contribution is 2.42. The number of anilines is 1. The van der Waals surface area contributed by atoms with Crippen molar-refractivity contribution >= 4 is 5.69 Å². The third-order valence-electron chi connectivity index (χ3n) is 3.86. The first-order valence-corrected chi connectivity index (χ1v) is 6.47. The maximum atomic E-state index is 9.32. The van der Waals surface area contributed by atoms with E-state index in [0.29, 0.717) is 17.4 Å². The van der Waals surface area contributed by atoms with Crippen LogP contribution in [0, 0.1) is 11.3 Å². The van der Waals surface area contributed by atoms with Gasteiger partial charge in [-0.3, -0.25) is 0 Å². The lowest BCUT2D eigenvalue weighted by Gasteiger charge is -2.21. The van der Waals surface area contributed by atoms with Gasteiger partial charge in [0.1, 0.15) is 0 Å². The van der Waals surface area contributed by atoms with Crippen molar-refractivity contribution in [2.45, 2.75) is 46.3 Å². The molecule has 94 valence electrons. The molecule has 2 rings (SSSR count). The number of rotatable bonds is 3. The first-order valence-electron chi connectivity index (χ1n) is 6.47.